The summed E-state index contributed by atoms with van der Waals surface area (Å²) < 4.78 is 4.71. The standard InChI is InChI=1S/C22H16Cl2O2/c1-26-22(25)17-5-2-15(3-6-17)4-7-18-14-20(24)12-13-21(18)16-8-10-19(23)11-9-16/h2-14H,1H3. The number of ether oxygens (including phenoxy) is 1. The second-order valence-electron chi connectivity index (χ2n) is 5.69. The second-order valence-corrected chi connectivity index (χ2v) is 6.56. The molecule has 3 aromatic carbocycles. The zero-order valence-electron chi connectivity index (χ0n) is 14.1. The number of halogens is 2. The summed E-state index contributed by atoms with van der Waals surface area (Å²) in [6, 6.07) is 20.7. The number of carbonyl (C=O) groups is 1. The minimum atomic E-state index is -0.347. The van der Waals surface area contributed by atoms with Crippen LogP contribution in [0.5, 0.6) is 0 Å². The molecule has 0 radical (unpaired) electrons. The quantitative estimate of drug-likeness (QED) is 0.374. The van der Waals surface area contributed by atoms with Crippen LogP contribution in [-0.4, -0.2) is 13.1 Å². The highest BCUT2D eigenvalue weighted by molar-refractivity contribution is 6.31. The lowest BCUT2D eigenvalue weighted by Crippen LogP contribution is -2.00. The Morgan fingerprint density at radius 1 is 0.846 bits per heavy atom. The normalized spacial score (nSPS) is 10.9. The van der Waals surface area contributed by atoms with Crippen LogP contribution in [0.2, 0.25) is 10.0 Å². The molecule has 0 saturated heterocycles. The Morgan fingerprint density at radius 3 is 2.15 bits per heavy atom. The van der Waals surface area contributed by atoms with Crippen molar-refractivity contribution >= 4 is 41.3 Å². The zero-order valence-corrected chi connectivity index (χ0v) is 15.6. The predicted molar refractivity (Wildman–Crippen MR) is 109 cm³/mol. The third-order valence-electron chi connectivity index (χ3n) is 3.96. The zero-order chi connectivity index (χ0) is 18.5. The van der Waals surface area contributed by atoms with Crippen molar-refractivity contribution in [2.45, 2.75) is 0 Å². The van der Waals surface area contributed by atoms with E-state index in [1.807, 2.05) is 66.7 Å². The van der Waals surface area contributed by atoms with Gasteiger partial charge in [-0.25, -0.2) is 4.79 Å². The van der Waals surface area contributed by atoms with E-state index in [0.29, 0.717) is 15.6 Å². The third-order valence-corrected chi connectivity index (χ3v) is 4.44. The molecule has 0 saturated carbocycles. The van der Waals surface area contributed by atoms with Crippen LogP contribution in [-0.2, 0) is 4.74 Å². The highest BCUT2D eigenvalue weighted by Gasteiger charge is 2.05. The fourth-order valence-electron chi connectivity index (χ4n) is 2.60. The van der Waals surface area contributed by atoms with E-state index in [-0.39, 0.29) is 5.97 Å². The van der Waals surface area contributed by atoms with Crippen LogP contribution in [0.25, 0.3) is 23.3 Å². The van der Waals surface area contributed by atoms with Gasteiger partial charge in [0.1, 0.15) is 0 Å². The first-order chi connectivity index (χ1) is 12.6. The smallest absolute Gasteiger partial charge is 0.337 e. The fourth-order valence-corrected chi connectivity index (χ4v) is 2.90. The summed E-state index contributed by atoms with van der Waals surface area (Å²) in [5.41, 5.74) is 4.62. The van der Waals surface area contributed by atoms with E-state index in [2.05, 4.69) is 0 Å². The maximum Gasteiger partial charge on any atom is 0.337 e. The van der Waals surface area contributed by atoms with E-state index in [9.17, 15) is 4.79 Å². The molecule has 0 amide bonds. The summed E-state index contributed by atoms with van der Waals surface area (Å²) in [6.07, 6.45) is 3.98. The topological polar surface area (TPSA) is 26.3 Å². The molecule has 130 valence electrons. The lowest BCUT2D eigenvalue weighted by atomic mass is 9.99. The molecule has 4 heteroatoms. The molecular weight excluding hydrogens is 367 g/mol. The van der Waals surface area contributed by atoms with Gasteiger partial charge in [-0.05, 0) is 58.7 Å². The second kappa shape index (κ2) is 8.22. The average Bonchev–Trinajstić information content (AvgIpc) is 2.67. The lowest BCUT2D eigenvalue weighted by Gasteiger charge is -2.08. The Morgan fingerprint density at radius 2 is 1.50 bits per heavy atom. The van der Waals surface area contributed by atoms with E-state index in [0.717, 1.165) is 22.3 Å². The predicted octanol–water partition coefficient (Wildman–Crippen LogP) is 6.62. The van der Waals surface area contributed by atoms with Crippen molar-refractivity contribution in [3.63, 3.8) is 0 Å². The number of carbonyl (C=O) groups excluding carboxylic acids is 1. The van der Waals surface area contributed by atoms with Crippen molar-refractivity contribution in [2.24, 2.45) is 0 Å². The Bertz CT molecular complexity index is 943. The van der Waals surface area contributed by atoms with Crippen LogP contribution in [0, 0.1) is 0 Å². The Hall–Kier alpha value is -2.55. The van der Waals surface area contributed by atoms with E-state index in [1.165, 1.54) is 7.11 Å². The first kappa shape index (κ1) is 18.2. The summed E-state index contributed by atoms with van der Waals surface area (Å²) >= 11 is 12.2. The van der Waals surface area contributed by atoms with Gasteiger partial charge in [0.05, 0.1) is 12.7 Å². The van der Waals surface area contributed by atoms with Gasteiger partial charge in [0.25, 0.3) is 0 Å². The molecule has 0 spiro atoms. The first-order valence-electron chi connectivity index (χ1n) is 7.99. The van der Waals surface area contributed by atoms with Crippen molar-refractivity contribution in [3.05, 3.63) is 93.5 Å². The molecule has 0 aromatic heterocycles. The SMILES string of the molecule is COC(=O)c1ccc(C=Cc2cc(Cl)ccc2-c2ccc(Cl)cc2)cc1. The van der Waals surface area contributed by atoms with E-state index >= 15 is 0 Å². The molecule has 0 heterocycles. The molecule has 0 atom stereocenters. The molecule has 2 nitrogen and oxygen atoms in total. The van der Waals surface area contributed by atoms with E-state index in [4.69, 9.17) is 27.9 Å². The minimum Gasteiger partial charge on any atom is -0.465 e. The van der Waals surface area contributed by atoms with Gasteiger partial charge in [-0.2, -0.15) is 0 Å². The average molecular weight is 383 g/mol. The van der Waals surface area contributed by atoms with Crippen LogP contribution in [0.4, 0.5) is 0 Å². The largest absolute Gasteiger partial charge is 0.465 e. The molecule has 0 aliphatic rings. The number of hydrogen-bond donors (Lipinski definition) is 0. The lowest BCUT2D eigenvalue weighted by molar-refractivity contribution is 0.0600. The molecule has 3 rings (SSSR count). The van der Waals surface area contributed by atoms with E-state index in [1.54, 1.807) is 12.1 Å². The summed E-state index contributed by atoms with van der Waals surface area (Å²) in [5, 5.41) is 1.37. The van der Waals surface area contributed by atoms with Crippen LogP contribution in [0.3, 0.4) is 0 Å². The molecule has 3 aromatic rings. The Kier molecular flexibility index (Phi) is 5.77. The number of hydrogen-bond acceptors (Lipinski definition) is 2. The summed E-state index contributed by atoms with van der Waals surface area (Å²) in [5.74, 6) is -0.347. The Labute approximate surface area is 162 Å². The maximum absolute atomic E-state index is 11.5. The summed E-state index contributed by atoms with van der Waals surface area (Å²) in [6.45, 7) is 0. The highest BCUT2D eigenvalue weighted by Crippen LogP contribution is 2.29. The first-order valence-corrected chi connectivity index (χ1v) is 8.74. The van der Waals surface area contributed by atoms with Gasteiger partial charge >= 0.3 is 5.97 Å². The van der Waals surface area contributed by atoms with Gasteiger partial charge in [0.15, 0.2) is 0 Å². The summed E-state index contributed by atoms with van der Waals surface area (Å²) in [7, 11) is 1.37. The third kappa shape index (κ3) is 4.34. The van der Waals surface area contributed by atoms with Gasteiger partial charge in [-0.15, -0.1) is 0 Å². The number of benzene rings is 3. The van der Waals surface area contributed by atoms with Gasteiger partial charge in [-0.1, -0.05) is 65.7 Å². The Balaban J connectivity index is 1.91. The molecule has 0 unspecified atom stereocenters. The summed E-state index contributed by atoms with van der Waals surface area (Å²) in [4.78, 5) is 11.5. The van der Waals surface area contributed by atoms with Gasteiger partial charge < -0.3 is 4.74 Å². The highest BCUT2D eigenvalue weighted by atomic mass is 35.5. The van der Waals surface area contributed by atoms with Crippen molar-refractivity contribution < 1.29 is 9.53 Å². The van der Waals surface area contributed by atoms with Crippen molar-refractivity contribution in [2.75, 3.05) is 7.11 Å². The van der Waals surface area contributed by atoms with Crippen LogP contribution >= 0.6 is 23.2 Å². The van der Waals surface area contributed by atoms with Gasteiger partial charge in [0.2, 0.25) is 0 Å². The fraction of sp³-hybridized carbons (Fsp3) is 0.0455. The van der Waals surface area contributed by atoms with Crippen molar-refractivity contribution in [1.29, 1.82) is 0 Å². The molecule has 26 heavy (non-hydrogen) atoms. The molecule has 0 aliphatic carbocycles. The van der Waals surface area contributed by atoms with Crippen LogP contribution < -0.4 is 0 Å². The van der Waals surface area contributed by atoms with Crippen molar-refractivity contribution in [1.82, 2.24) is 0 Å². The molecule has 0 N–H and O–H groups in total. The molecule has 0 aliphatic heterocycles. The van der Waals surface area contributed by atoms with E-state index < -0.39 is 0 Å². The number of rotatable bonds is 4. The van der Waals surface area contributed by atoms with Crippen molar-refractivity contribution in [3.8, 4) is 11.1 Å². The molecular formula is C22H16Cl2O2. The van der Waals surface area contributed by atoms with Crippen LogP contribution in [0.15, 0.2) is 66.7 Å². The molecule has 0 fully saturated rings. The minimum absolute atomic E-state index is 0.347. The maximum atomic E-state index is 11.5. The molecule has 0 bridgehead atoms. The number of esters is 1. The van der Waals surface area contributed by atoms with Crippen LogP contribution in [0.1, 0.15) is 21.5 Å². The number of methoxy groups -OCH3 is 1. The monoisotopic (exact) mass is 382 g/mol. The van der Waals surface area contributed by atoms with Gasteiger partial charge in [0, 0.05) is 10.0 Å². The van der Waals surface area contributed by atoms with Gasteiger partial charge in [-0.3, -0.25) is 0 Å².